The molecular weight excluding hydrogens is 288 g/mol. The lowest BCUT2D eigenvalue weighted by Crippen LogP contribution is -2.15. The molecule has 0 saturated carbocycles. The fourth-order valence-corrected chi connectivity index (χ4v) is 3.00. The molecule has 2 aromatic rings. The molecule has 0 aromatic heterocycles. The van der Waals surface area contributed by atoms with Crippen LogP contribution in [0.25, 0.3) is 0 Å². The number of benzene rings is 2. The minimum Gasteiger partial charge on any atom is -0.326 e. The molecule has 0 radical (unpaired) electrons. The van der Waals surface area contributed by atoms with Crippen molar-refractivity contribution in [2.24, 2.45) is 0 Å². The molecule has 2 N–H and O–H groups in total. The van der Waals surface area contributed by atoms with Crippen LogP contribution in [0.1, 0.15) is 41.3 Å². The van der Waals surface area contributed by atoms with E-state index in [1.165, 1.54) is 30.9 Å². The summed E-state index contributed by atoms with van der Waals surface area (Å²) in [4.78, 5) is 23.5. The molecule has 1 aliphatic carbocycles. The Morgan fingerprint density at radius 2 is 1.65 bits per heavy atom. The van der Waals surface area contributed by atoms with Crippen LogP contribution in [0.15, 0.2) is 42.5 Å². The predicted octanol–water partition coefficient (Wildman–Crippen LogP) is 3.78. The first-order chi connectivity index (χ1) is 11.1. The van der Waals surface area contributed by atoms with Gasteiger partial charge in [0, 0.05) is 23.9 Å². The Morgan fingerprint density at radius 1 is 0.913 bits per heavy atom. The van der Waals surface area contributed by atoms with Gasteiger partial charge in [-0.15, -0.1) is 0 Å². The molecule has 4 nitrogen and oxygen atoms in total. The molecule has 2 amide bonds. The Hall–Kier alpha value is -2.62. The van der Waals surface area contributed by atoms with Crippen LogP contribution in [0, 0.1) is 0 Å². The minimum atomic E-state index is -0.127. The number of aryl methyl sites for hydroxylation is 1. The maximum absolute atomic E-state index is 12.4. The first kappa shape index (κ1) is 15.3. The van der Waals surface area contributed by atoms with Gasteiger partial charge >= 0.3 is 0 Å². The normalized spacial score (nSPS) is 13.1. The molecule has 0 heterocycles. The van der Waals surface area contributed by atoms with Crippen molar-refractivity contribution in [3.05, 3.63) is 59.2 Å². The third-order valence-electron chi connectivity index (χ3n) is 4.11. The van der Waals surface area contributed by atoms with Crippen LogP contribution in [0.3, 0.4) is 0 Å². The maximum Gasteiger partial charge on any atom is 0.255 e. The van der Waals surface area contributed by atoms with Gasteiger partial charge in [-0.2, -0.15) is 0 Å². The Bertz CT molecular complexity index is 736. The molecule has 0 bridgehead atoms. The van der Waals surface area contributed by atoms with Crippen LogP contribution in [-0.2, 0) is 17.6 Å². The van der Waals surface area contributed by atoms with Crippen molar-refractivity contribution >= 4 is 23.2 Å². The summed E-state index contributed by atoms with van der Waals surface area (Å²) in [5, 5.41) is 5.71. The van der Waals surface area contributed by atoms with Gasteiger partial charge in [-0.3, -0.25) is 9.59 Å². The van der Waals surface area contributed by atoms with Crippen LogP contribution in [0.5, 0.6) is 0 Å². The highest BCUT2D eigenvalue weighted by atomic mass is 16.2. The fourth-order valence-electron chi connectivity index (χ4n) is 3.00. The van der Waals surface area contributed by atoms with Crippen LogP contribution >= 0.6 is 0 Å². The maximum atomic E-state index is 12.4. The van der Waals surface area contributed by atoms with Crippen LogP contribution in [-0.4, -0.2) is 11.8 Å². The average Bonchev–Trinajstić information content (AvgIpc) is 2.55. The lowest BCUT2D eigenvalue weighted by Gasteiger charge is -2.19. The van der Waals surface area contributed by atoms with Gasteiger partial charge in [0.25, 0.3) is 5.91 Å². The molecule has 0 unspecified atom stereocenters. The molecule has 0 aliphatic heterocycles. The van der Waals surface area contributed by atoms with Crippen molar-refractivity contribution in [2.75, 3.05) is 10.6 Å². The monoisotopic (exact) mass is 308 g/mol. The van der Waals surface area contributed by atoms with Crippen molar-refractivity contribution in [3.8, 4) is 0 Å². The van der Waals surface area contributed by atoms with E-state index in [0.717, 1.165) is 18.5 Å². The number of amides is 2. The van der Waals surface area contributed by atoms with Gasteiger partial charge in [-0.1, -0.05) is 12.1 Å². The number of anilines is 2. The molecule has 0 saturated heterocycles. The molecule has 0 atom stereocenters. The second-order valence-electron chi connectivity index (χ2n) is 5.86. The zero-order chi connectivity index (χ0) is 16.2. The van der Waals surface area contributed by atoms with Gasteiger partial charge in [0.15, 0.2) is 0 Å². The number of rotatable bonds is 3. The largest absolute Gasteiger partial charge is 0.326 e. The van der Waals surface area contributed by atoms with E-state index >= 15 is 0 Å². The van der Waals surface area contributed by atoms with E-state index in [4.69, 9.17) is 0 Å². The highest BCUT2D eigenvalue weighted by Crippen LogP contribution is 2.28. The van der Waals surface area contributed by atoms with Crippen molar-refractivity contribution < 1.29 is 9.59 Å². The average molecular weight is 308 g/mol. The Balaban J connectivity index is 1.76. The third kappa shape index (κ3) is 3.59. The molecular formula is C19H20N2O2. The van der Waals surface area contributed by atoms with Gasteiger partial charge in [0.05, 0.1) is 0 Å². The van der Waals surface area contributed by atoms with Gasteiger partial charge < -0.3 is 10.6 Å². The first-order valence-corrected chi connectivity index (χ1v) is 7.93. The van der Waals surface area contributed by atoms with Gasteiger partial charge in [-0.05, 0) is 67.1 Å². The Morgan fingerprint density at radius 3 is 2.39 bits per heavy atom. The number of hydrogen-bond donors (Lipinski definition) is 2. The topological polar surface area (TPSA) is 58.2 Å². The molecule has 23 heavy (non-hydrogen) atoms. The molecule has 1 aliphatic rings. The SMILES string of the molecule is CC(=O)Nc1ccc(C(=O)Nc2cccc3c2CCCC3)cc1. The standard InChI is InChI=1S/C19H20N2O2/c1-13(22)20-16-11-9-15(10-12-16)19(23)21-18-8-4-6-14-5-2-3-7-17(14)18/h4,6,8-12H,2-3,5,7H2,1H3,(H,20,22)(H,21,23). The quantitative estimate of drug-likeness (QED) is 0.906. The molecule has 2 aromatic carbocycles. The number of carbonyl (C=O) groups is 2. The van der Waals surface area contributed by atoms with Crippen LogP contribution in [0.2, 0.25) is 0 Å². The van der Waals surface area contributed by atoms with Gasteiger partial charge in [-0.25, -0.2) is 0 Å². The van der Waals surface area contributed by atoms with Gasteiger partial charge in [0.1, 0.15) is 0 Å². The number of nitrogens with one attached hydrogen (secondary N) is 2. The minimum absolute atomic E-state index is 0.127. The van der Waals surface area contributed by atoms with E-state index in [2.05, 4.69) is 16.7 Å². The zero-order valence-corrected chi connectivity index (χ0v) is 13.2. The van der Waals surface area contributed by atoms with E-state index in [0.29, 0.717) is 11.3 Å². The van der Waals surface area contributed by atoms with Gasteiger partial charge in [0.2, 0.25) is 5.91 Å². The van der Waals surface area contributed by atoms with Crippen molar-refractivity contribution in [3.63, 3.8) is 0 Å². The Labute approximate surface area is 135 Å². The molecule has 3 rings (SSSR count). The van der Waals surface area contributed by atoms with Crippen molar-refractivity contribution in [1.82, 2.24) is 0 Å². The summed E-state index contributed by atoms with van der Waals surface area (Å²) in [6.45, 7) is 1.46. The highest BCUT2D eigenvalue weighted by molar-refractivity contribution is 6.05. The highest BCUT2D eigenvalue weighted by Gasteiger charge is 2.15. The third-order valence-corrected chi connectivity index (χ3v) is 4.11. The van der Waals surface area contributed by atoms with E-state index in [1.54, 1.807) is 24.3 Å². The summed E-state index contributed by atoms with van der Waals surface area (Å²) in [5.41, 5.74) is 4.79. The number of hydrogen-bond acceptors (Lipinski definition) is 2. The molecule has 0 spiro atoms. The van der Waals surface area contributed by atoms with Crippen LogP contribution in [0.4, 0.5) is 11.4 Å². The Kier molecular flexibility index (Phi) is 4.42. The first-order valence-electron chi connectivity index (χ1n) is 7.93. The summed E-state index contributed by atoms with van der Waals surface area (Å²) in [6.07, 6.45) is 4.50. The summed E-state index contributed by atoms with van der Waals surface area (Å²) >= 11 is 0. The summed E-state index contributed by atoms with van der Waals surface area (Å²) < 4.78 is 0. The number of carbonyl (C=O) groups excluding carboxylic acids is 2. The second-order valence-corrected chi connectivity index (χ2v) is 5.86. The lowest BCUT2D eigenvalue weighted by molar-refractivity contribution is -0.114. The second kappa shape index (κ2) is 6.65. The summed E-state index contributed by atoms with van der Waals surface area (Å²) in [7, 11) is 0. The predicted molar refractivity (Wildman–Crippen MR) is 91.8 cm³/mol. The lowest BCUT2D eigenvalue weighted by atomic mass is 9.90. The zero-order valence-electron chi connectivity index (χ0n) is 13.2. The van der Waals surface area contributed by atoms with E-state index in [9.17, 15) is 9.59 Å². The fraction of sp³-hybridized carbons (Fsp3) is 0.263. The van der Waals surface area contributed by atoms with E-state index in [-0.39, 0.29) is 11.8 Å². The smallest absolute Gasteiger partial charge is 0.255 e. The van der Waals surface area contributed by atoms with Crippen LogP contribution < -0.4 is 10.6 Å². The molecule has 0 fully saturated rings. The molecule has 118 valence electrons. The summed E-state index contributed by atoms with van der Waals surface area (Å²) in [6, 6.07) is 13.0. The van der Waals surface area contributed by atoms with Crippen molar-refractivity contribution in [2.45, 2.75) is 32.6 Å². The summed E-state index contributed by atoms with van der Waals surface area (Å²) in [5.74, 6) is -0.253. The van der Waals surface area contributed by atoms with Crippen molar-refractivity contribution in [1.29, 1.82) is 0 Å². The molecule has 4 heteroatoms. The van der Waals surface area contributed by atoms with E-state index in [1.807, 2.05) is 12.1 Å². The van der Waals surface area contributed by atoms with E-state index < -0.39 is 0 Å². The number of fused-ring (bicyclic) bond motifs is 1.